The minimum atomic E-state index is -0.915. The predicted octanol–water partition coefficient (Wildman–Crippen LogP) is 3.56. The van der Waals surface area contributed by atoms with Crippen molar-refractivity contribution in [1.29, 1.82) is 0 Å². The van der Waals surface area contributed by atoms with Crippen LogP contribution in [0.2, 0.25) is 0 Å². The zero-order chi connectivity index (χ0) is 22.4. The normalized spacial score (nSPS) is 17.2. The molecule has 2 aromatic rings. The number of carbonyl (C=O) groups excluding carboxylic acids is 3. The maximum atomic E-state index is 13.2. The lowest BCUT2D eigenvalue weighted by molar-refractivity contribution is -0.128. The molecule has 4 rings (SSSR count). The highest BCUT2D eigenvalue weighted by Crippen LogP contribution is 2.31. The number of nitrogens with zero attached hydrogens (tertiary/aromatic N) is 1. The van der Waals surface area contributed by atoms with Gasteiger partial charge in [-0.15, -0.1) is 0 Å². The highest BCUT2D eigenvalue weighted by atomic mass is 16.2. The van der Waals surface area contributed by atoms with Gasteiger partial charge < -0.3 is 20.9 Å². The van der Waals surface area contributed by atoms with Crippen molar-refractivity contribution in [3.05, 3.63) is 65.7 Å². The molecule has 0 bridgehead atoms. The summed E-state index contributed by atoms with van der Waals surface area (Å²) in [6.07, 6.45) is 4.51. The molecule has 1 aliphatic carbocycles. The van der Waals surface area contributed by atoms with E-state index < -0.39 is 5.54 Å². The first-order valence-electron chi connectivity index (χ1n) is 11.3. The summed E-state index contributed by atoms with van der Waals surface area (Å²) in [7, 11) is 0. The monoisotopic (exact) mass is 434 g/mol. The van der Waals surface area contributed by atoms with E-state index in [0.717, 1.165) is 36.9 Å². The molecule has 0 atom stereocenters. The Hall–Kier alpha value is -3.35. The van der Waals surface area contributed by atoms with Crippen molar-refractivity contribution in [2.45, 2.75) is 57.2 Å². The number of likely N-dealkylation sites (tertiary alicyclic amines) is 1. The summed E-state index contributed by atoms with van der Waals surface area (Å²) in [4.78, 5) is 39.6. The third-order valence-electron chi connectivity index (χ3n) is 6.27. The second kappa shape index (κ2) is 9.85. The lowest BCUT2D eigenvalue weighted by Crippen LogP contribution is -2.57. The molecule has 0 radical (unpaired) electrons. The van der Waals surface area contributed by atoms with Crippen LogP contribution in [0.3, 0.4) is 0 Å². The highest BCUT2D eigenvalue weighted by Gasteiger charge is 2.42. The SMILES string of the molecule is O=C(NCc1ccccc1)NC1(C(=O)Nc2cccc(CN3CCCC3=O)c2)CCCC1. The van der Waals surface area contributed by atoms with Crippen LogP contribution < -0.4 is 16.0 Å². The quantitative estimate of drug-likeness (QED) is 0.622. The van der Waals surface area contributed by atoms with Crippen molar-refractivity contribution >= 4 is 23.5 Å². The van der Waals surface area contributed by atoms with Gasteiger partial charge in [-0.25, -0.2) is 4.79 Å². The number of amides is 4. The maximum absolute atomic E-state index is 13.2. The first kappa shape index (κ1) is 21.9. The predicted molar refractivity (Wildman–Crippen MR) is 123 cm³/mol. The Morgan fingerprint density at radius 3 is 2.41 bits per heavy atom. The van der Waals surface area contributed by atoms with Gasteiger partial charge in [0, 0.05) is 31.7 Å². The van der Waals surface area contributed by atoms with Crippen LogP contribution in [0, 0.1) is 0 Å². The molecule has 1 saturated carbocycles. The van der Waals surface area contributed by atoms with Crippen molar-refractivity contribution in [1.82, 2.24) is 15.5 Å². The summed E-state index contributed by atoms with van der Waals surface area (Å²) in [6, 6.07) is 16.9. The molecular formula is C25H30N4O3. The average molecular weight is 435 g/mol. The summed E-state index contributed by atoms with van der Waals surface area (Å²) in [5, 5.41) is 8.80. The first-order valence-corrected chi connectivity index (χ1v) is 11.3. The zero-order valence-electron chi connectivity index (χ0n) is 18.2. The van der Waals surface area contributed by atoms with Gasteiger partial charge in [0.25, 0.3) is 0 Å². The lowest BCUT2D eigenvalue weighted by atomic mass is 9.96. The third kappa shape index (κ3) is 5.28. The Kier molecular flexibility index (Phi) is 6.73. The number of benzene rings is 2. The smallest absolute Gasteiger partial charge is 0.315 e. The Morgan fingerprint density at radius 1 is 0.938 bits per heavy atom. The van der Waals surface area contributed by atoms with Crippen molar-refractivity contribution in [2.24, 2.45) is 0 Å². The van der Waals surface area contributed by atoms with Crippen LogP contribution in [0.25, 0.3) is 0 Å². The lowest BCUT2D eigenvalue weighted by Gasteiger charge is -2.29. The molecule has 0 unspecified atom stereocenters. The van der Waals surface area contributed by atoms with Crippen molar-refractivity contribution in [3.8, 4) is 0 Å². The van der Waals surface area contributed by atoms with Crippen molar-refractivity contribution < 1.29 is 14.4 Å². The van der Waals surface area contributed by atoms with Gasteiger partial charge in [0.05, 0.1) is 0 Å². The Labute approximate surface area is 188 Å². The molecule has 1 aliphatic heterocycles. The molecule has 1 heterocycles. The standard InChI is InChI=1S/C25H30N4O3/c30-22-12-7-15-29(22)18-20-10-6-11-21(16-20)27-23(31)25(13-4-5-14-25)28-24(32)26-17-19-8-2-1-3-9-19/h1-3,6,8-11,16H,4-5,7,12-15,17-18H2,(H,27,31)(H2,26,28,32). The van der Waals surface area contributed by atoms with Crippen molar-refractivity contribution in [2.75, 3.05) is 11.9 Å². The number of urea groups is 1. The first-order chi connectivity index (χ1) is 15.5. The number of carbonyl (C=O) groups is 3. The molecule has 4 amide bonds. The van der Waals surface area contributed by atoms with Crippen LogP contribution in [0.4, 0.5) is 10.5 Å². The summed E-state index contributed by atoms with van der Waals surface area (Å²) < 4.78 is 0. The van der Waals surface area contributed by atoms with E-state index in [-0.39, 0.29) is 17.8 Å². The average Bonchev–Trinajstić information content (AvgIpc) is 3.43. The van der Waals surface area contributed by atoms with Crippen LogP contribution in [-0.4, -0.2) is 34.8 Å². The van der Waals surface area contributed by atoms with Gasteiger partial charge in [0.1, 0.15) is 5.54 Å². The van der Waals surface area contributed by atoms with Gasteiger partial charge in [-0.05, 0) is 42.5 Å². The van der Waals surface area contributed by atoms with Crippen LogP contribution >= 0.6 is 0 Å². The van der Waals surface area contributed by atoms with E-state index in [1.807, 2.05) is 59.5 Å². The van der Waals surface area contributed by atoms with E-state index >= 15 is 0 Å². The van der Waals surface area contributed by atoms with E-state index in [0.29, 0.717) is 38.0 Å². The van der Waals surface area contributed by atoms with Crippen molar-refractivity contribution in [3.63, 3.8) is 0 Å². The molecule has 3 N–H and O–H groups in total. The van der Waals surface area contributed by atoms with E-state index in [2.05, 4.69) is 16.0 Å². The molecule has 32 heavy (non-hydrogen) atoms. The molecule has 0 spiro atoms. The van der Waals surface area contributed by atoms with Gasteiger partial charge in [-0.3, -0.25) is 9.59 Å². The topological polar surface area (TPSA) is 90.5 Å². The molecule has 0 aromatic heterocycles. The fourth-order valence-electron chi connectivity index (χ4n) is 4.52. The second-order valence-corrected chi connectivity index (χ2v) is 8.66. The Balaban J connectivity index is 1.38. The third-order valence-corrected chi connectivity index (χ3v) is 6.27. The van der Waals surface area contributed by atoms with Crippen LogP contribution in [0.1, 0.15) is 49.7 Å². The number of hydrogen-bond acceptors (Lipinski definition) is 3. The number of hydrogen-bond donors (Lipinski definition) is 3. The molecule has 7 heteroatoms. The summed E-state index contributed by atoms with van der Waals surface area (Å²) >= 11 is 0. The van der Waals surface area contributed by atoms with Gasteiger partial charge in [0.2, 0.25) is 11.8 Å². The van der Waals surface area contributed by atoms with E-state index in [4.69, 9.17) is 0 Å². The van der Waals surface area contributed by atoms with Gasteiger partial charge in [-0.1, -0.05) is 55.3 Å². The van der Waals surface area contributed by atoms with Gasteiger partial charge >= 0.3 is 6.03 Å². The Morgan fingerprint density at radius 2 is 1.69 bits per heavy atom. The summed E-state index contributed by atoms with van der Waals surface area (Å²) in [6.45, 7) is 1.73. The van der Waals surface area contributed by atoms with Gasteiger partial charge in [0.15, 0.2) is 0 Å². The number of rotatable bonds is 7. The van der Waals surface area contributed by atoms with Crippen LogP contribution in [-0.2, 0) is 22.7 Å². The number of nitrogens with one attached hydrogen (secondary N) is 3. The van der Waals surface area contributed by atoms with E-state index in [9.17, 15) is 14.4 Å². The minimum Gasteiger partial charge on any atom is -0.338 e. The van der Waals surface area contributed by atoms with E-state index in [1.54, 1.807) is 0 Å². The summed E-state index contributed by atoms with van der Waals surface area (Å²) in [5.74, 6) is -0.0191. The molecule has 7 nitrogen and oxygen atoms in total. The fraction of sp³-hybridized carbons (Fsp3) is 0.400. The second-order valence-electron chi connectivity index (χ2n) is 8.66. The highest BCUT2D eigenvalue weighted by molar-refractivity contribution is 6.00. The summed E-state index contributed by atoms with van der Waals surface area (Å²) in [5.41, 5.74) is 1.74. The largest absolute Gasteiger partial charge is 0.338 e. The molecule has 2 aliphatic rings. The molecule has 2 aromatic carbocycles. The minimum absolute atomic E-state index is 0.176. The molecular weight excluding hydrogens is 404 g/mol. The fourth-order valence-corrected chi connectivity index (χ4v) is 4.52. The van der Waals surface area contributed by atoms with E-state index in [1.165, 1.54) is 0 Å². The molecule has 1 saturated heterocycles. The van der Waals surface area contributed by atoms with Gasteiger partial charge in [-0.2, -0.15) is 0 Å². The Bertz CT molecular complexity index is 970. The maximum Gasteiger partial charge on any atom is 0.315 e. The zero-order valence-corrected chi connectivity index (χ0v) is 18.2. The molecule has 168 valence electrons. The van der Waals surface area contributed by atoms with Crippen LogP contribution in [0.15, 0.2) is 54.6 Å². The number of anilines is 1. The molecule has 2 fully saturated rings. The van der Waals surface area contributed by atoms with Crippen LogP contribution in [0.5, 0.6) is 0 Å².